The molecule has 0 N–H and O–H groups in total. The van der Waals surface area contributed by atoms with Crippen molar-refractivity contribution in [3.63, 3.8) is 0 Å². The minimum Gasteiger partial charge on any atom is -0.385 e. The minimum atomic E-state index is 0.0653. The van der Waals surface area contributed by atoms with Gasteiger partial charge in [-0.3, -0.25) is 0 Å². The van der Waals surface area contributed by atoms with Crippen LogP contribution in [0.2, 0.25) is 0 Å². The van der Waals surface area contributed by atoms with Crippen LogP contribution in [0.5, 0.6) is 0 Å². The predicted octanol–water partition coefficient (Wildman–Crippen LogP) is 8.38. The van der Waals surface area contributed by atoms with Crippen LogP contribution in [0.3, 0.4) is 0 Å². The van der Waals surface area contributed by atoms with Crippen molar-refractivity contribution in [3.05, 3.63) is 71.9 Å². The molecule has 0 aromatic carbocycles. The van der Waals surface area contributed by atoms with E-state index in [2.05, 4.69) is 83.7 Å². The quantitative estimate of drug-likeness (QED) is 0.336. The van der Waals surface area contributed by atoms with Crippen molar-refractivity contribution in [2.45, 2.75) is 74.1 Å². The molecule has 1 aliphatic rings. The Hall–Kier alpha value is -1.60. The number of ether oxygens (including phenoxy) is 1. The molecule has 0 saturated carbocycles. The average Bonchev–Trinajstić information content (AvgIpc) is 2.67. The third-order valence-corrected chi connectivity index (χ3v) is 4.63. The molecular formula is C26H44O. The Labute approximate surface area is 170 Å². The second-order valence-electron chi connectivity index (χ2n) is 6.92. The van der Waals surface area contributed by atoms with Crippen molar-refractivity contribution in [1.29, 1.82) is 0 Å². The van der Waals surface area contributed by atoms with Gasteiger partial charge in [0, 0.05) is 19.1 Å². The molecule has 0 heterocycles. The summed E-state index contributed by atoms with van der Waals surface area (Å²) in [5.41, 5.74) is 4.27. The van der Waals surface area contributed by atoms with Crippen molar-refractivity contribution >= 4 is 0 Å². The van der Waals surface area contributed by atoms with Crippen molar-refractivity contribution in [2.24, 2.45) is 5.41 Å². The highest BCUT2D eigenvalue weighted by Crippen LogP contribution is 2.39. The number of allylic oxidation sites excluding steroid dienone is 11. The Morgan fingerprint density at radius 2 is 1.81 bits per heavy atom. The van der Waals surface area contributed by atoms with Gasteiger partial charge < -0.3 is 4.74 Å². The molecule has 0 fully saturated rings. The molecule has 154 valence electrons. The fraction of sp³-hybridized carbons (Fsp3) is 0.538. The van der Waals surface area contributed by atoms with Crippen molar-refractivity contribution in [3.8, 4) is 0 Å². The van der Waals surface area contributed by atoms with Crippen LogP contribution in [0.1, 0.15) is 74.1 Å². The van der Waals surface area contributed by atoms with Crippen LogP contribution in [-0.2, 0) is 4.74 Å². The first-order chi connectivity index (χ1) is 12.9. The summed E-state index contributed by atoms with van der Waals surface area (Å²) in [6, 6.07) is 0. The third-order valence-electron chi connectivity index (χ3n) is 4.63. The predicted molar refractivity (Wildman–Crippen MR) is 125 cm³/mol. The number of hydrogen-bond donors (Lipinski definition) is 0. The standard InChI is InChI=1S/C19H26.C5H12O.C2H6/c1-6-13-17(3)19(4,5)18-15-12-10-8-7-9-11-14-16(18)2;1-3-4-5-6-2;1-2/h6-8,10-14H,1,9,15H2,2-5H3;3-5H2,1-2H3;1-2H3/b8-7-,12-10-,14-11-,17-13-,18-16+;;. The first-order valence-electron chi connectivity index (χ1n) is 10.4. The van der Waals surface area contributed by atoms with Crippen LogP contribution in [-0.4, -0.2) is 13.7 Å². The zero-order chi connectivity index (χ0) is 21.1. The Balaban J connectivity index is 0. The van der Waals surface area contributed by atoms with Gasteiger partial charge in [-0.1, -0.05) is 113 Å². The summed E-state index contributed by atoms with van der Waals surface area (Å²) >= 11 is 0. The molecular weight excluding hydrogens is 328 g/mol. The lowest BCUT2D eigenvalue weighted by Gasteiger charge is -2.31. The number of methoxy groups -OCH3 is 1. The zero-order valence-electron chi connectivity index (χ0n) is 19.3. The van der Waals surface area contributed by atoms with E-state index in [0.29, 0.717) is 0 Å². The second-order valence-corrected chi connectivity index (χ2v) is 6.92. The van der Waals surface area contributed by atoms with Crippen molar-refractivity contribution in [1.82, 2.24) is 0 Å². The second kappa shape index (κ2) is 17.8. The summed E-state index contributed by atoms with van der Waals surface area (Å²) in [7, 11) is 1.73. The molecule has 0 unspecified atom stereocenters. The maximum atomic E-state index is 4.78. The normalized spacial score (nSPS) is 21.0. The van der Waals surface area contributed by atoms with E-state index in [1.54, 1.807) is 7.11 Å². The highest BCUT2D eigenvalue weighted by Gasteiger charge is 2.25. The highest BCUT2D eigenvalue weighted by molar-refractivity contribution is 5.37. The van der Waals surface area contributed by atoms with Gasteiger partial charge in [0.2, 0.25) is 0 Å². The molecule has 1 aliphatic carbocycles. The van der Waals surface area contributed by atoms with Gasteiger partial charge in [-0.05, 0) is 33.1 Å². The fourth-order valence-corrected chi connectivity index (χ4v) is 2.67. The maximum Gasteiger partial charge on any atom is 0.0462 e. The zero-order valence-corrected chi connectivity index (χ0v) is 19.3. The van der Waals surface area contributed by atoms with E-state index in [4.69, 9.17) is 4.74 Å². The minimum absolute atomic E-state index is 0.0653. The van der Waals surface area contributed by atoms with Gasteiger partial charge in [-0.25, -0.2) is 0 Å². The molecule has 1 nitrogen and oxygen atoms in total. The monoisotopic (exact) mass is 372 g/mol. The maximum absolute atomic E-state index is 4.78. The Bertz CT molecular complexity index is 520. The average molecular weight is 373 g/mol. The summed E-state index contributed by atoms with van der Waals surface area (Å²) in [5, 5.41) is 0. The fourth-order valence-electron chi connectivity index (χ4n) is 2.67. The number of unbranched alkanes of at least 4 members (excludes halogenated alkanes) is 1. The van der Waals surface area contributed by atoms with E-state index in [-0.39, 0.29) is 5.41 Å². The van der Waals surface area contributed by atoms with Gasteiger partial charge in [-0.2, -0.15) is 0 Å². The molecule has 27 heavy (non-hydrogen) atoms. The molecule has 0 aromatic rings. The molecule has 0 atom stereocenters. The Kier molecular flexibility index (Phi) is 18.2. The van der Waals surface area contributed by atoms with Crippen LogP contribution in [0, 0.1) is 5.41 Å². The molecule has 0 bridgehead atoms. The molecule has 0 saturated heterocycles. The first kappa shape index (κ1) is 27.6. The number of rotatable bonds is 6. The van der Waals surface area contributed by atoms with E-state index >= 15 is 0 Å². The van der Waals surface area contributed by atoms with Crippen molar-refractivity contribution in [2.75, 3.05) is 13.7 Å². The molecule has 0 aromatic heterocycles. The highest BCUT2D eigenvalue weighted by atomic mass is 16.5. The lowest BCUT2D eigenvalue weighted by molar-refractivity contribution is 0.194. The van der Waals surface area contributed by atoms with Crippen LogP contribution in [0.15, 0.2) is 71.9 Å². The lowest BCUT2D eigenvalue weighted by Crippen LogP contribution is -2.17. The van der Waals surface area contributed by atoms with Gasteiger partial charge in [0.25, 0.3) is 0 Å². The summed E-state index contributed by atoms with van der Waals surface area (Å²) in [5.74, 6) is 0. The molecule has 0 spiro atoms. The first-order valence-corrected chi connectivity index (χ1v) is 10.4. The van der Waals surface area contributed by atoms with Gasteiger partial charge in [0.1, 0.15) is 0 Å². The number of hydrogen-bond acceptors (Lipinski definition) is 1. The topological polar surface area (TPSA) is 9.23 Å². The van der Waals surface area contributed by atoms with Crippen LogP contribution < -0.4 is 0 Å². The van der Waals surface area contributed by atoms with Crippen molar-refractivity contribution < 1.29 is 4.74 Å². The lowest BCUT2D eigenvalue weighted by atomic mass is 9.74. The van der Waals surface area contributed by atoms with E-state index in [1.807, 2.05) is 19.9 Å². The summed E-state index contributed by atoms with van der Waals surface area (Å²) < 4.78 is 4.78. The molecule has 0 radical (unpaired) electrons. The summed E-state index contributed by atoms with van der Waals surface area (Å²) in [6.45, 7) is 19.9. The van der Waals surface area contributed by atoms with E-state index in [9.17, 15) is 0 Å². The van der Waals surface area contributed by atoms with Crippen LogP contribution in [0.25, 0.3) is 0 Å². The Morgan fingerprint density at radius 3 is 2.33 bits per heavy atom. The molecule has 1 rings (SSSR count). The van der Waals surface area contributed by atoms with Gasteiger partial charge >= 0.3 is 0 Å². The smallest absolute Gasteiger partial charge is 0.0462 e. The SMILES string of the molecule is C=C/C=C(/C)C(C)(C)/C1=C(C)/C=C\C/C=C\C=C/C1.CC.CCCCOC. The van der Waals surface area contributed by atoms with Gasteiger partial charge in [0.15, 0.2) is 0 Å². The van der Waals surface area contributed by atoms with Crippen LogP contribution in [0.4, 0.5) is 0 Å². The summed E-state index contributed by atoms with van der Waals surface area (Å²) in [6.07, 6.45) is 21.6. The van der Waals surface area contributed by atoms with Crippen LogP contribution >= 0.6 is 0 Å². The molecule has 0 amide bonds. The van der Waals surface area contributed by atoms with E-state index < -0.39 is 0 Å². The van der Waals surface area contributed by atoms with E-state index in [1.165, 1.54) is 29.6 Å². The van der Waals surface area contributed by atoms with Gasteiger partial charge in [-0.15, -0.1) is 0 Å². The largest absolute Gasteiger partial charge is 0.385 e. The van der Waals surface area contributed by atoms with E-state index in [0.717, 1.165) is 19.4 Å². The Morgan fingerprint density at radius 1 is 1.19 bits per heavy atom. The van der Waals surface area contributed by atoms with Gasteiger partial charge in [0.05, 0.1) is 0 Å². The molecule has 0 aliphatic heterocycles. The third kappa shape index (κ3) is 12.4. The summed E-state index contributed by atoms with van der Waals surface area (Å²) in [4.78, 5) is 0. The molecule has 1 heteroatoms.